The Bertz CT molecular complexity index is 257. The Hall–Kier alpha value is -1.37. The van der Waals surface area contributed by atoms with Crippen molar-refractivity contribution in [2.24, 2.45) is 4.99 Å². The summed E-state index contributed by atoms with van der Waals surface area (Å²) in [6, 6.07) is 8.07. The zero-order valence-electron chi connectivity index (χ0n) is 6.62. The van der Waals surface area contributed by atoms with Crippen LogP contribution in [0.15, 0.2) is 35.8 Å². The molecule has 0 aliphatic heterocycles. The van der Waals surface area contributed by atoms with Gasteiger partial charge in [-0.1, -0.05) is 36.9 Å². The summed E-state index contributed by atoms with van der Waals surface area (Å²) < 4.78 is 0. The number of rotatable bonds is 2. The van der Waals surface area contributed by atoms with Crippen LogP contribution in [0.4, 0.5) is 0 Å². The molecule has 0 bridgehead atoms. The molecule has 11 heavy (non-hydrogen) atoms. The van der Waals surface area contributed by atoms with Crippen LogP contribution in [-0.4, -0.2) is 13.3 Å². The first-order valence-electron chi connectivity index (χ1n) is 3.51. The maximum Gasteiger partial charge on any atom is 0.0281 e. The molecule has 0 aliphatic carbocycles. The Labute approximate surface area is 67.1 Å². The SMILES string of the molecule is C=Cc1ccc(C=NC)cc1. The van der Waals surface area contributed by atoms with Crippen molar-refractivity contribution in [3.8, 4) is 0 Å². The lowest BCUT2D eigenvalue weighted by Crippen LogP contribution is -1.79. The zero-order chi connectivity index (χ0) is 8.10. The minimum Gasteiger partial charge on any atom is -0.296 e. The fourth-order valence-corrected chi connectivity index (χ4v) is 0.867. The van der Waals surface area contributed by atoms with Gasteiger partial charge in [-0.05, 0) is 11.1 Å². The second kappa shape index (κ2) is 3.71. The minimum absolute atomic E-state index is 1.12. The van der Waals surface area contributed by atoms with E-state index in [1.54, 1.807) is 7.05 Å². The maximum atomic E-state index is 3.91. The number of hydrogen-bond acceptors (Lipinski definition) is 1. The smallest absolute Gasteiger partial charge is 0.0281 e. The average molecular weight is 145 g/mol. The molecule has 1 aromatic rings. The van der Waals surface area contributed by atoms with E-state index >= 15 is 0 Å². The molecule has 1 aromatic carbocycles. The third kappa shape index (κ3) is 2.04. The number of hydrogen-bond donors (Lipinski definition) is 0. The predicted octanol–water partition coefficient (Wildman–Crippen LogP) is 2.38. The van der Waals surface area contributed by atoms with Gasteiger partial charge >= 0.3 is 0 Å². The van der Waals surface area contributed by atoms with Gasteiger partial charge in [0.15, 0.2) is 0 Å². The molecule has 0 atom stereocenters. The van der Waals surface area contributed by atoms with Gasteiger partial charge in [0.25, 0.3) is 0 Å². The van der Waals surface area contributed by atoms with Crippen LogP contribution in [0.3, 0.4) is 0 Å². The van der Waals surface area contributed by atoms with Crippen molar-refractivity contribution in [3.05, 3.63) is 42.0 Å². The van der Waals surface area contributed by atoms with Gasteiger partial charge < -0.3 is 0 Å². The molecule has 1 rings (SSSR count). The van der Waals surface area contributed by atoms with Crippen molar-refractivity contribution < 1.29 is 0 Å². The third-order valence-electron chi connectivity index (χ3n) is 1.45. The van der Waals surface area contributed by atoms with Crippen LogP contribution in [0, 0.1) is 0 Å². The summed E-state index contributed by atoms with van der Waals surface area (Å²) in [6.45, 7) is 3.67. The number of aliphatic imine (C=N–C) groups is 1. The van der Waals surface area contributed by atoms with Gasteiger partial charge in [0.05, 0.1) is 0 Å². The lowest BCUT2D eigenvalue weighted by atomic mass is 10.1. The Morgan fingerprint density at radius 1 is 1.18 bits per heavy atom. The Balaban J connectivity index is 2.91. The predicted molar refractivity (Wildman–Crippen MR) is 50.1 cm³/mol. The molecule has 0 fully saturated rings. The van der Waals surface area contributed by atoms with Crippen LogP contribution in [0.5, 0.6) is 0 Å². The van der Waals surface area contributed by atoms with Crippen LogP contribution in [-0.2, 0) is 0 Å². The van der Waals surface area contributed by atoms with Crippen molar-refractivity contribution in [2.75, 3.05) is 7.05 Å². The molecule has 0 saturated heterocycles. The first-order valence-corrected chi connectivity index (χ1v) is 3.51. The maximum absolute atomic E-state index is 3.91. The highest BCUT2D eigenvalue weighted by atomic mass is 14.6. The van der Waals surface area contributed by atoms with Crippen LogP contribution in [0.2, 0.25) is 0 Å². The molecule has 0 aromatic heterocycles. The van der Waals surface area contributed by atoms with E-state index in [1.165, 1.54) is 0 Å². The monoisotopic (exact) mass is 145 g/mol. The first-order chi connectivity index (χ1) is 5.36. The molecular formula is C10H11N. The number of nitrogens with zero attached hydrogens (tertiary/aromatic N) is 1. The second-order valence-electron chi connectivity index (χ2n) is 2.26. The van der Waals surface area contributed by atoms with Gasteiger partial charge in [0.1, 0.15) is 0 Å². The zero-order valence-corrected chi connectivity index (χ0v) is 6.62. The molecule has 0 amide bonds. The van der Waals surface area contributed by atoms with E-state index in [0.717, 1.165) is 11.1 Å². The average Bonchev–Trinajstić information content (AvgIpc) is 2.07. The summed E-state index contributed by atoms with van der Waals surface area (Å²) in [5.41, 5.74) is 2.26. The van der Waals surface area contributed by atoms with Gasteiger partial charge in [-0.2, -0.15) is 0 Å². The molecule has 0 spiro atoms. The van der Waals surface area contributed by atoms with Crippen LogP contribution in [0.25, 0.3) is 6.08 Å². The molecular weight excluding hydrogens is 134 g/mol. The van der Waals surface area contributed by atoms with Crippen molar-refractivity contribution >= 4 is 12.3 Å². The first kappa shape index (κ1) is 7.73. The molecule has 0 heterocycles. The van der Waals surface area contributed by atoms with Crippen molar-refractivity contribution in [3.63, 3.8) is 0 Å². The van der Waals surface area contributed by atoms with E-state index in [-0.39, 0.29) is 0 Å². The highest BCUT2D eigenvalue weighted by Crippen LogP contribution is 2.02. The van der Waals surface area contributed by atoms with E-state index in [1.807, 2.05) is 36.6 Å². The van der Waals surface area contributed by atoms with E-state index in [4.69, 9.17) is 0 Å². The summed E-state index contributed by atoms with van der Waals surface area (Å²) in [6.07, 6.45) is 3.65. The molecule has 1 nitrogen and oxygen atoms in total. The molecule has 0 unspecified atom stereocenters. The fraction of sp³-hybridized carbons (Fsp3) is 0.100. The number of benzene rings is 1. The summed E-state index contributed by atoms with van der Waals surface area (Å²) in [5, 5.41) is 0. The minimum atomic E-state index is 1.12. The standard InChI is InChI=1S/C10H11N/c1-3-9-4-6-10(7-5-9)8-11-2/h3-8H,1H2,2H3. The fourth-order valence-electron chi connectivity index (χ4n) is 0.867. The summed E-state index contributed by atoms with van der Waals surface area (Å²) >= 11 is 0. The normalized spacial score (nSPS) is 10.3. The second-order valence-corrected chi connectivity index (χ2v) is 2.26. The highest BCUT2D eigenvalue weighted by molar-refractivity contribution is 5.79. The van der Waals surface area contributed by atoms with E-state index in [2.05, 4.69) is 11.6 Å². The third-order valence-corrected chi connectivity index (χ3v) is 1.45. The van der Waals surface area contributed by atoms with E-state index < -0.39 is 0 Å². The van der Waals surface area contributed by atoms with E-state index in [0.29, 0.717) is 0 Å². The lowest BCUT2D eigenvalue weighted by molar-refractivity contribution is 1.46. The van der Waals surface area contributed by atoms with Gasteiger partial charge in [0.2, 0.25) is 0 Å². The lowest BCUT2D eigenvalue weighted by Gasteiger charge is -1.92. The molecule has 0 N–H and O–H groups in total. The van der Waals surface area contributed by atoms with Crippen LogP contribution < -0.4 is 0 Å². The van der Waals surface area contributed by atoms with Crippen molar-refractivity contribution in [1.82, 2.24) is 0 Å². The molecule has 0 radical (unpaired) electrons. The topological polar surface area (TPSA) is 12.4 Å². The van der Waals surface area contributed by atoms with Crippen molar-refractivity contribution in [2.45, 2.75) is 0 Å². The highest BCUT2D eigenvalue weighted by Gasteiger charge is 1.85. The van der Waals surface area contributed by atoms with Crippen LogP contribution in [0.1, 0.15) is 11.1 Å². The van der Waals surface area contributed by atoms with Crippen LogP contribution >= 0.6 is 0 Å². The molecule has 56 valence electrons. The molecule has 0 aliphatic rings. The largest absolute Gasteiger partial charge is 0.296 e. The summed E-state index contributed by atoms with van der Waals surface area (Å²) in [7, 11) is 1.77. The van der Waals surface area contributed by atoms with Gasteiger partial charge in [-0.3, -0.25) is 4.99 Å². The Kier molecular flexibility index (Phi) is 2.61. The molecule has 1 heteroatoms. The molecule has 0 saturated carbocycles. The van der Waals surface area contributed by atoms with E-state index in [9.17, 15) is 0 Å². The van der Waals surface area contributed by atoms with Gasteiger partial charge in [-0.25, -0.2) is 0 Å². The Morgan fingerprint density at radius 2 is 1.73 bits per heavy atom. The Morgan fingerprint density at radius 3 is 2.18 bits per heavy atom. The summed E-state index contributed by atoms with van der Waals surface area (Å²) in [4.78, 5) is 3.91. The summed E-state index contributed by atoms with van der Waals surface area (Å²) in [5.74, 6) is 0. The van der Waals surface area contributed by atoms with Gasteiger partial charge in [-0.15, -0.1) is 0 Å². The van der Waals surface area contributed by atoms with Crippen molar-refractivity contribution in [1.29, 1.82) is 0 Å². The van der Waals surface area contributed by atoms with Gasteiger partial charge in [0, 0.05) is 13.3 Å². The quantitative estimate of drug-likeness (QED) is 0.566.